The number of carboxylic acids is 1. The zero-order chi connectivity index (χ0) is 14.3. The van der Waals surface area contributed by atoms with Crippen molar-refractivity contribution in [3.63, 3.8) is 0 Å². The third kappa shape index (κ3) is 6.79. The van der Waals surface area contributed by atoms with Crippen LogP contribution in [0.2, 0.25) is 0 Å². The number of hydrogen-bond donors (Lipinski definition) is 3. The van der Waals surface area contributed by atoms with Gasteiger partial charge in [-0.25, -0.2) is 4.79 Å². The fraction of sp³-hybridized carbons (Fsp3) is 0.769. The maximum absolute atomic E-state index is 11.6. The number of rotatable bonds is 9. The topological polar surface area (TPSA) is 95.5 Å². The third-order valence-electron chi connectivity index (χ3n) is 3.05. The lowest BCUT2D eigenvalue weighted by molar-refractivity contribution is -0.142. The van der Waals surface area contributed by atoms with Gasteiger partial charge in [0.25, 0.3) is 0 Å². The van der Waals surface area contributed by atoms with E-state index < -0.39 is 12.0 Å². The molecule has 0 radical (unpaired) electrons. The van der Waals surface area contributed by atoms with Gasteiger partial charge in [-0.3, -0.25) is 9.59 Å². The summed E-state index contributed by atoms with van der Waals surface area (Å²) < 4.78 is 0. The largest absolute Gasteiger partial charge is 0.480 e. The van der Waals surface area contributed by atoms with Gasteiger partial charge in [0.1, 0.15) is 6.04 Å². The molecule has 6 nitrogen and oxygen atoms in total. The van der Waals surface area contributed by atoms with Gasteiger partial charge >= 0.3 is 5.97 Å². The Morgan fingerprint density at radius 3 is 2.37 bits per heavy atom. The number of nitrogens with one attached hydrogen (secondary N) is 2. The lowest BCUT2D eigenvalue weighted by atomic mass is 10.1. The summed E-state index contributed by atoms with van der Waals surface area (Å²) in [5.41, 5.74) is 0. The molecule has 1 unspecified atom stereocenters. The fourth-order valence-electron chi connectivity index (χ4n) is 1.75. The van der Waals surface area contributed by atoms with Crippen molar-refractivity contribution in [3.05, 3.63) is 0 Å². The van der Waals surface area contributed by atoms with E-state index in [1.807, 2.05) is 6.92 Å². The molecule has 1 fully saturated rings. The van der Waals surface area contributed by atoms with Gasteiger partial charge in [-0.2, -0.15) is 0 Å². The first-order valence-corrected chi connectivity index (χ1v) is 6.81. The SMILES string of the molecule is CCCNC(=O)CCC(=O)NC(CC1CC1)C(=O)O. The summed E-state index contributed by atoms with van der Waals surface area (Å²) in [6.45, 7) is 2.54. The molecule has 2 amide bonds. The molecule has 1 aliphatic carbocycles. The van der Waals surface area contributed by atoms with Gasteiger partial charge in [-0.15, -0.1) is 0 Å². The maximum atomic E-state index is 11.6. The van der Waals surface area contributed by atoms with Gasteiger partial charge in [0, 0.05) is 19.4 Å². The highest BCUT2D eigenvalue weighted by Gasteiger charge is 2.30. The molecule has 0 spiro atoms. The molecule has 1 aliphatic rings. The van der Waals surface area contributed by atoms with Gasteiger partial charge in [0.15, 0.2) is 0 Å². The van der Waals surface area contributed by atoms with Crippen molar-refractivity contribution < 1.29 is 19.5 Å². The van der Waals surface area contributed by atoms with E-state index in [0.29, 0.717) is 18.9 Å². The highest BCUT2D eigenvalue weighted by molar-refractivity contribution is 5.86. The molecular formula is C13H22N2O4. The summed E-state index contributed by atoms with van der Waals surface area (Å²) in [5.74, 6) is -1.13. The predicted molar refractivity (Wildman–Crippen MR) is 69.4 cm³/mol. The fourth-order valence-corrected chi connectivity index (χ4v) is 1.75. The minimum atomic E-state index is -1.00. The Bertz CT molecular complexity index is 340. The summed E-state index contributed by atoms with van der Waals surface area (Å²) >= 11 is 0. The minimum absolute atomic E-state index is 0.0317. The van der Waals surface area contributed by atoms with Crippen LogP contribution in [0.5, 0.6) is 0 Å². The van der Waals surface area contributed by atoms with Crippen molar-refractivity contribution in [2.75, 3.05) is 6.54 Å². The van der Waals surface area contributed by atoms with Crippen molar-refractivity contribution in [2.24, 2.45) is 5.92 Å². The van der Waals surface area contributed by atoms with Crippen LogP contribution in [-0.4, -0.2) is 35.5 Å². The van der Waals surface area contributed by atoms with Gasteiger partial charge in [0.05, 0.1) is 0 Å². The Morgan fingerprint density at radius 1 is 1.21 bits per heavy atom. The number of aliphatic carboxylic acids is 1. The van der Waals surface area contributed by atoms with Gasteiger partial charge in [-0.1, -0.05) is 19.8 Å². The summed E-state index contributed by atoms with van der Waals surface area (Å²) in [6.07, 6.45) is 3.55. The molecule has 0 heterocycles. The Hall–Kier alpha value is -1.59. The summed E-state index contributed by atoms with van der Waals surface area (Å²) in [5, 5.41) is 14.1. The molecule has 0 saturated heterocycles. The quantitative estimate of drug-likeness (QED) is 0.573. The molecule has 0 aromatic rings. The first kappa shape index (κ1) is 15.5. The highest BCUT2D eigenvalue weighted by atomic mass is 16.4. The van der Waals surface area contributed by atoms with Crippen LogP contribution in [0.3, 0.4) is 0 Å². The number of carbonyl (C=O) groups is 3. The Morgan fingerprint density at radius 2 is 1.84 bits per heavy atom. The number of carboxylic acid groups (broad SMARTS) is 1. The molecule has 1 saturated carbocycles. The Labute approximate surface area is 112 Å². The first-order chi connectivity index (χ1) is 9.02. The van der Waals surface area contributed by atoms with Crippen LogP contribution in [0.1, 0.15) is 45.4 Å². The molecule has 0 bridgehead atoms. The van der Waals surface area contributed by atoms with E-state index in [0.717, 1.165) is 19.3 Å². The van der Waals surface area contributed by atoms with E-state index in [1.54, 1.807) is 0 Å². The van der Waals surface area contributed by atoms with Gasteiger partial charge in [0.2, 0.25) is 11.8 Å². The summed E-state index contributed by atoms with van der Waals surface area (Å²) in [7, 11) is 0. The number of amides is 2. The molecule has 19 heavy (non-hydrogen) atoms. The van der Waals surface area contributed by atoms with Crippen LogP contribution < -0.4 is 10.6 Å². The highest BCUT2D eigenvalue weighted by Crippen LogP contribution is 2.33. The number of hydrogen-bond acceptors (Lipinski definition) is 3. The number of carbonyl (C=O) groups excluding carboxylic acids is 2. The lowest BCUT2D eigenvalue weighted by Crippen LogP contribution is -2.41. The molecule has 0 aromatic heterocycles. The van der Waals surface area contributed by atoms with Crippen LogP contribution >= 0.6 is 0 Å². The normalized spacial score (nSPS) is 15.6. The van der Waals surface area contributed by atoms with E-state index >= 15 is 0 Å². The Balaban J connectivity index is 2.23. The Kier molecular flexibility index (Phi) is 6.32. The second-order valence-corrected chi connectivity index (χ2v) is 4.99. The van der Waals surface area contributed by atoms with E-state index in [9.17, 15) is 14.4 Å². The maximum Gasteiger partial charge on any atom is 0.326 e. The minimum Gasteiger partial charge on any atom is -0.480 e. The van der Waals surface area contributed by atoms with Crippen LogP contribution in [0.4, 0.5) is 0 Å². The first-order valence-electron chi connectivity index (χ1n) is 6.81. The molecule has 0 aromatic carbocycles. The van der Waals surface area contributed by atoms with Crippen LogP contribution in [0.25, 0.3) is 0 Å². The van der Waals surface area contributed by atoms with E-state index in [4.69, 9.17) is 5.11 Å². The van der Waals surface area contributed by atoms with Crippen molar-refractivity contribution in [1.82, 2.24) is 10.6 Å². The average molecular weight is 270 g/mol. The lowest BCUT2D eigenvalue weighted by Gasteiger charge is -2.13. The molecule has 1 atom stereocenters. The second kappa shape index (κ2) is 7.76. The average Bonchev–Trinajstić information content (AvgIpc) is 3.16. The van der Waals surface area contributed by atoms with Crippen LogP contribution in [0.15, 0.2) is 0 Å². The molecule has 108 valence electrons. The van der Waals surface area contributed by atoms with Gasteiger partial charge < -0.3 is 15.7 Å². The van der Waals surface area contributed by atoms with Crippen molar-refractivity contribution in [2.45, 2.75) is 51.5 Å². The third-order valence-corrected chi connectivity index (χ3v) is 3.05. The zero-order valence-electron chi connectivity index (χ0n) is 11.3. The standard InChI is InChI=1S/C13H22N2O4/c1-2-7-14-11(16)5-6-12(17)15-10(13(18)19)8-9-3-4-9/h9-10H,2-8H2,1H3,(H,14,16)(H,15,17)(H,18,19). The van der Waals surface area contributed by atoms with E-state index in [2.05, 4.69) is 10.6 Å². The summed E-state index contributed by atoms with van der Waals surface area (Å²) in [6, 6.07) is -0.821. The zero-order valence-corrected chi connectivity index (χ0v) is 11.3. The molecule has 1 rings (SSSR count). The van der Waals surface area contributed by atoms with Crippen LogP contribution in [0, 0.1) is 5.92 Å². The molecule has 6 heteroatoms. The van der Waals surface area contributed by atoms with Crippen molar-refractivity contribution >= 4 is 17.8 Å². The van der Waals surface area contributed by atoms with Gasteiger partial charge in [-0.05, 0) is 18.8 Å². The van der Waals surface area contributed by atoms with E-state index in [-0.39, 0.29) is 24.7 Å². The smallest absolute Gasteiger partial charge is 0.326 e. The van der Waals surface area contributed by atoms with Crippen molar-refractivity contribution in [1.29, 1.82) is 0 Å². The molecular weight excluding hydrogens is 248 g/mol. The van der Waals surface area contributed by atoms with Crippen molar-refractivity contribution in [3.8, 4) is 0 Å². The summed E-state index contributed by atoms with van der Waals surface area (Å²) in [4.78, 5) is 33.9. The predicted octanol–water partition coefficient (Wildman–Crippen LogP) is 0.662. The van der Waals surface area contributed by atoms with Crippen LogP contribution in [-0.2, 0) is 14.4 Å². The molecule has 0 aliphatic heterocycles. The van der Waals surface area contributed by atoms with E-state index in [1.165, 1.54) is 0 Å². The monoisotopic (exact) mass is 270 g/mol. The second-order valence-electron chi connectivity index (χ2n) is 4.99. The molecule has 3 N–H and O–H groups in total.